The highest BCUT2D eigenvalue weighted by molar-refractivity contribution is 5.79. The van der Waals surface area contributed by atoms with Crippen LogP contribution in [0.1, 0.15) is 39.5 Å². The second-order valence-corrected chi connectivity index (χ2v) is 6.29. The lowest BCUT2D eigenvalue weighted by Crippen LogP contribution is -2.49. The summed E-state index contributed by atoms with van der Waals surface area (Å²) in [5, 5.41) is 6.45. The summed E-state index contributed by atoms with van der Waals surface area (Å²) in [5.41, 5.74) is 0. The fourth-order valence-electron chi connectivity index (χ4n) is 3.01. The van der Waals surface area contributed by atoms with Crippen LogP contribution in [0, 0.1) is 11.8 Å². The first-order chi connectivity index (χ1) is 9.58. The molecule has 2 N–H and O–H groups in total. The highest BCUT2D eigenvalue weighted by atomic mass is 16.2. The van der Waals surface area contributed by atoms with Gasteiger partial charge in [-0.2, -0.15) is 0 Å². The van der Waals surface area contributed by atoms with Crippen molar-refractivity contribution < 1.29 is 9.59 Å². The van der Waals surface area contributed by atoms with Gasteiger partial charge in [-0.05, 0) is 38.8 Å². The zero-order valence-electron chi connectivity index (χ0n) is 12.7. The van der Waals surface area contributed by atoms with E-state index in [1.54, 1.807) is 0 Å². The van der Waals surface area contributed by atoms with Crippen molar-refractivity contribution in [3.8, 4) is 0 Å². The number of hydrogen-bond donors (Lipinski definition) is 2. The van der Waals surface area contributed by atoms with E-state index in [0.29, 0.717) is 0 Å². The molecule has 0 spiro atoms. The van der Waals surface area contributed by atoms with Crippen LogP contribution in [0.15, 0.2) is 0 Å². The molecule has 5 nitrogen and oxygen atoms in total. The molecule has 0 bridgehead atoms. The normalized spacial score (nSPS) is 22.1. The third-order valence-electron chi connectivity index (χ3n) is 4.36. The first kappa shape index (κ1) is 15.3. The molecule has 0 unspecified atom stereocenters. The third-order valence-corrected chi connectivity index (χ3v) is 4.36. The van der Waals surface area contributed by atoms with Crippen LogP contribution in [0.5, 0.6) is 0 Å². The molecule has 20 heavy (non-hydrogen) atoms. The van der Waals surface area contributed by atoms with Crippen LogP contribution in [-0.2, 0) is 9.59 Å². The van der Waals surface area contributed by atoms with Gasteiger partial charge in [0.1, 0.15) is 0 Å². The molecule has 2 fully saturated rings. The van der Waals surface area contributed by atoms with Crippen molar-refractivity contribution in [2.45, 2.75) is 45.6 Å². The van der Waals surface area contributed by atoms with Gasteiger partial charge in [0, 0.05) is 31.0 Å². The molecule has 0 aromatic rings. The van der Waals surface area contributed by atoms with Crippen molar-refractivity contribution >= 4 is 11.8 Å². The quantitative estimate of drug-likeness (QED) is 0.802. The number of nitrogens with zero attached hydrogens (tertiary/aromatic N) is 1. The van der Waals surface area contributed by atoms with Crippen LogP contribution in [0.3, 0.4) is 0 Å². The van der Waals surface area contributed by atoms with E-state index >= 15 is 0 Å². The molecule has 2 aliphatic heterocycles. The highest BCUT2D eigenvalue weighted by Gasteiger charge is 2.27. The standard InChI is InChI=1S/C15H27N3O2/c1-11(2)15(20)18-9-5-13(6-10-18)17-14(19)12-3-7-16-8-4-12/h11-13,16H,3-10H2,1-2H3,(H,17,19). The van der Waals surface area contributed by atoms with E-state index < -0.39 is 0 Å². The van der Waals surface area contributed by atoms with Crippen LogP contribution in [0.4, 0.5) is 0 Å². The summed E-state index contributed by atoms with van der Waals surface area (Å²) in [6, 6.07) is 0.244. The predicted molar refractivity (Wildman–Crippen MR) is 78.2 cm³/mol. The Morgan fingerprint density at radius 2 is 1.70 bits per heavy atom. The van der Waals surface area contributed by atoms with E-state index in [9.17, 15) is 9.59 Å². The SMILES string of the molecule is CC(C)C(=O)N1CCC(NC(=O)C2CCNCC2)CC1. The molecule has 2 amide bonds. The number of nitrogens with one attached hydrogen (secondary N) is 2. The summed E-state index contributed by atoms with van der Waals surface area (Å²) < 4.78 is 0. The van der Waals surface area contributed by atoms with Crippen molar-refractivity contribution in [1.29, 1.82) is 0 Å². The van der Waals surface area contributed by atoms with Crippen LogP contribution in [0.25, 0.3) is 0 Å². The topological polar surface area (TPSA) is 61.4 Å². The van der Waals surface area contributed by atoms with Gasteiger partial charge in [0.15, 0.2) is 0 Å². The minimum absolute atomic E-state index is 0.0656. The van der Waals surface area contributed by atoms with Crippen molar-refractivity contribution in [3.63, 3.8) is 0 Å². The monoisotopic (exact) mass is 281 g/mol. The summed E-state index contributed by atoms with van der Waals surface area (Å²) in [6.45, 7) is 7.31. The third kappa shape index (κ3) is 3.95. The van der Waals surface area contributed by atoms with Crippen LogP contribution in [0.2, 0.25) is 0 Å². The van der Waals surface area contributed by atoms with Gasteiger partial charge in [-0.1, -0.05) is 13.8 Å². The summed E-state index contributed by atoms with van der Waals surface area (Å²) in [4.78, 5) is 26.0. The van der Waals surface area contributed by atoms with Crippen molar-refractivity contribution in [2.75, 3.05) is 26.2 Å². The average Bonchev–Trinajstić information content (AvgIpc) is 2.48. The highest BCUT2D eigenvalue weighted by Crippen LogP contribution is 2.16. The molecule has 2 aliphatic rings. The van der Waals surface area contributed by atoms with Crippen molar-refractivity contribution in [3.05, 3.63) is 0 Å². The van der Waals surface area contributed by atoms with E-state index in [1.807, 2.05) is 18.7 Å². The Balaban J connectivity index is 1.73. The van der Waals surface area contributed by atoms with Gasteiger partial charge in [-0.3, -0.25) is 9.59 Å². The molecule has 2 rings (SSSR count). The molecular weight excluding hydrogens is 254 g/mol. The predicted octanol–water partition coefficient (Wildman–Crippen LogP) is 0.749. The lowest BCUT2D eigenvalue weighted by Gasteiger charge is -2.34. The van der Waals surface area contributed by atoms with Gasteiger partial charge in [-0.15, -0.1) is 0 Å². The molecule has 0 aliphatic carbocycles. The molecule has 2 saturated heterocycles. The summed E-state index contributed by atoms with van der Waals surface area (Å²) >= 11 is 0. The van der Waals surface area contributed by atoms with Gasteiger partial charge in [0.25, 0.3) is 0 Å². The zero-order chi connectivity index (χ0) is 14.5. The first-order valence-corrected chi connectivity index (χ1v) is 7.88. The first-order valence-electron chi connectivity index (χ1n) is 7.88. The summed E-state index contributed by atoms with van der Waals surface area (Å²) in [7, 11) is 0. The number of likely N-dealkylation sites (tertiary alicyclic amines) is 1. The smallest absolute Gasteiger partial charge is 0.225 e. The molecule has 0 radical (unpaired) electrons. The van der Waals surface area contributed by atoms with Gasteiger partial charge < -0.3 is 15.5 Å². The van der Waals surface area contributed by atoms with Crippen molar-refractivity contribution in [2.24, 2.45) is 11.8 Å². The fraction of sp³-hybridized carbons (Fsp3) is 0.867. The van der Waals surface area contributed by atoms with Crippen LogP contribution in [-0.4, -0.2) is 48.9 Å². The van der Waals surface area contributed by atoms with E-state index in [1.165, 1.54) is 0 Å². The Morgan fingerprint density at radius 3 is 2.25 bits per heavy atom. The lowest BCUT2D eigenvalue weighted by atomic mass is 9.95. The zero-order valence-corrected chi connectivity index (χ0v) is 12.7. The molecule has 0 atom stereocenters. The number of carbonyl (C=O) groups excluding carboxylic acids is 2. The number of rotatable bonds is 3. The molecule has 5 heteroatoms. The fourth-order valence-corrected chi connectivity index (χ4v) is 3.01. The number of amides is 2. The maximum atomic E-state index is 12.2. The molecule has 0 aromatic carbocycles. The maximum absolute atomic E-state index is 12.2. The second kappa shape index (κ2) is 7.07. The van der Waals surface area contributed by atoms with Gasteiger partial charge in [0.2, 0.25) is 11.8 Å². The van der Waals surface area contributed by atoms with Crippen LogP contribution < -0.4 is 10.6 Å². The Hall–Kier alpha value is -1.10. The molecule has 114 valence electrons. The summed E-state index contributed by atoms with van der Waals surface area (Å²) in [6.07, 6.45) is 3.65. The van der Waals surface area contributed by atoms with Crippen LogP contribution >= 0.6 is 0 Å². The molecule has 2 heterocycles. The Bertz CT molecular complexity index is 343. The van der Waals surface area contributed by atoms with E-state index in [2.05, 4.69) is 10.6 Å². The van der Waals surface area contributed by atoms with Gasteiger partial charge >= 0.3 is 0 Å². The number of hydrogen-bond acceptors (Lipinski definition) is 3. The van der Waals surface area contributed by atoms with Crippen molar-refractivity contribution in [1.82, 2.24) is 15.5 Å². The molecular formula is C15H27N3O2. The lowest BCUT2D eigenvalue weighted by molar-refractivity contribution is -0.135. The minimum Gasteiger partial charge on any atom is -0.353 e. The molecule has 0 aromatic heterocycles. The Morgan fingerprint density at radius 1 is 1.10 bits per heavy atom. The van der Waals surface area contributed by atoms with Gasteiger partial charge in [-0.25, -0.2) is 0 Å². The average molecular weight is 281 g/mol. The molecule has 0 saturated carbocycles. The van der Waals surface area contributed by atoms with E-state index in [-0.39, 0.29) is 29.7 Å². The Kier molecular flexibility index (Phi) is 5.40. The second-order valence-electron chi connectivity index (χ2n) is 6.29. The van der Waals surface area contributed by atoms with E-state index in [4.69, 9.17) is 0 Å². The maximum Gasteiger partial charge on any atom is 0.225 e. The van der Waals surface area contributed by atoms with Gasteiger partial charge in [0.05, 0.1) is 0 Å². The van der Waals surface area contributed by atoms with E-state index in [0.717, 1.165) is 51.9 Å². The minimum atomic E-state index is 0.0656. The number of carbonyl (C=O) groups is 2. The summed E-state index contributed by atoms with van der Waals surface area (Å²) in [5.74, 6) is 0.677. The number of piperidine rings is 2. The Labute approximate surface area is 121 Å². The largest absolute Gasteiger partial charge is 0.353 e.